The molecule has 0 spiro atoms. The van der Waals surface area contributed by atoms with Crippen molar-refractivity contribution in [3.63, 3.8) is 0 Å². The van der Waals surface area contributed by atoms with E-state index in [4.69, 9.17) is 9.73 Å². The number of fused-ring (bicyclic) bond motifs is 1. The number of benzene rings is 1. The van der Waals surface area contributed by atoms with Gasteiger partial charge in [0.25, 0.3) is 0 Å². The lowest BCUT2D eigenvalue weighted by molar-refractivity contribution is -0.122. The van der Waals surface area contributed by atoms with Gasteiger partial charge in [0.2, 0.25) is 5.91 Å². The number of amides is 1. The minimum Gasteiger partial charge on any atom is -0.377 e. The van der Waals surface area contributed by atoms with Gasteiger partial charge in [-0.3, -0.25) is 4.79 Å². The van der Waals surface area contributed by atoms with Crippen molar-refractivity contribution >= 4 is 17.6 Å². The fourth-order valence-electron chi connectivity index (χ4n) is 4.01. The van der Waals surface area contributed by atoms with E-state index in [9.17, 15) is 4.79 Å². The Labute approximate surface area is 189 Å². The summed E-state index contributed by atoms with van der Waals surface area (Å²) in [7, 11) is 1.65. The lowest BCUT2D eigenvalue weighted by Crippen LogP contribution is -2.47. The second-order valence-corrected chi connectivity index (χ2v) is 8.45. The normalized spacial score (nSPS) is 18.6. The van der Waals surface area contributed by atoms with E-state index in [-0.39, 0.29) is 17.9 Å². The molecule has 1 amide bonds. The van der Waals surface area contributed by atoms with Gasteiger partial charge in [-0.25, -0.2) is 14.7 Å². The Bertz CT molecular complexity index is 952. The van der Waals surface area contributed by atoms with Gasteiger partial charge in [-0.15, -0.1) is 0 Å². The Balaban J connectivity index is 1.35. The molecule has 3 N–H and O–H groups in total. The van der Waals surface area contributed by atoms with Gasteiger partial charge in [-0.1, -0.05) is 18.6 Å². The molecule has 1 saturated carbocycles. The first kappa shape index (κ1) is 22.3. The average molecular weight is 440 g/mol. The maximum Gasteiger partial charge on any atom is 0.227 e. The molecule has 1 atom stereocenters. The van der Waals surface area contributed by atoms with Gasteiger partial charge in [-0.2, -0.15) is 5.10 Å². The number of methoxy groups -OCH3 is 1. The number of nitrogens with one attached hydrogen (secondary N) is 3. The standard InChI is InChI=1S/C23H33N7O2/c1-3-24-23(27-19-10-11-21-28-20(15-32-2)29-30(21)14-19)25-13-16-6-4-9-18(12-16)26-22(31)17-7-5-8-17/h4,6,9,12,17,19H,3,5,7-8,10-11,13-15H2,1-2H3,(H,26,31)(H2,24,25,27). The molecule has 1 aromatic heterocycles. The number of aromatic nitrogens is 3. The highest BCUT2D eigenvalue weighted by Gasteiger charge is 2.25. The number of ether oxygens (including phenoxy) is 1. The average Bonchev–Trinajstić information content (AvgIpc) is 3.13. The third kappa shape index (κ3) is 5.64. The van der Waals surface area contributed by atoms with E-state index in [0.29, 0.717) is 13.2 Å². The van der Waals surface area contributed by atoms with Gasteiger partial charge < -0.3 is 20.7 Å². The lowest BCUT2D eigenvalue weighted by atomic mass is 9.85. The fraction of sp³-hybridized carbons (Fsp3) is 0.565. The quantitative estimate of drug-likeness (QED) is 0.430. The molecule has 172 valence electrons. The molecule has 0 saturated heterocycles. The van der Waals surface area contributed by atoms with Gasteiger partial charge in [-0.05, 0) is 43.9 Å². The van der Waals surface area contributed by atoms with Crippen LogP contribution < -0.4 is 16.0 Å². The summed E-state index contributed by atoms with van der Waals surface area (Å²) in [5.41, 5.74) is 1.89. The maximum absolute atomic E-state index is 12.2. The van der Waals surface area contributed by atoms with E-state index in [0.717, 1.165) is 74.1 Å². The number of guanidine groups is 1. The van der Waals surface area contributed by atoms with Gasteiger partial charge in [0.15, 0.2) is 11.8 Å². The Morgan fingerprint density at radius 3 is 2.94 bits per heavy atom. The first-order valence-electron chi connectivity index (χ1n) is 11.5. The van der Waals surface area contributed by atoms with Gasteiger partial charge in [0.1, 0.15) is 12.4 Å². The van der Waals surface area contributed by atoms with Crippen LogP contribution in [0.15, 0.2) is 29.3 Å². The van der Waals surface area contributed by atoms with E-state index in [1.165, 1.54) is 0 Å². The van der Waals surface area contributed by atoms with Crippen LogP contribution in [-0.4, -0.2) is 46.3 Å². The molecule has 9 heteroatoms. The second-order valence-electron chi connectivity index (χ2n) is 8.45. The third-order valence-corrected chi connectivity index (χ3v) is 5.95. The van der Waals surface area contributed by atoms with Crippen LogP contribution in [0.5, 0.6) is 0 Å². The van der Waals surface area contributed by atoms with Crippen LogP contribution in [0.4, 0.5) is 5.69 Å². The van der Waals surface area contributed by atoms with E-state index < -0.39 is 0 Å². The van der Waals surface area contributed by atoms with Crippen LogP contribution in [0.25, 0.3) is 0 Å². The number of aliphatic imine (C=N–C) groups is 1. The molecule has 0 bridgehead atoms. The van der Waals surface area contributed by atoms with Gasteiger partial charge in [0, 0.05) is 37.7 Å². The smallest absolute Gasteiger partial charge is 0.227 e. The molecule has 1 unspecified atom stereocenters. The summed E-state index contributed by atoms with van der Waals surface area (Å²) in [5, 5.41) is 14.4. The molecule has 2 heterocycles. The monoisotopic (exact) mass is 439 g/mol. The minimum absolute atomic E-state index is 0.130. The summed E-state index contributed by atoms with van der Waals surface area (Å²) in [6, 6.07) is 8.16. The molecular formula is C23H33N7O2. The first-order valence-corrected chi connectivity index (χ1v) is 11.5. The van der Waals surface area contributed by atoms with Gasteiger partial charge in [0.05, 0.1) is 13.1 Å². The number of carbonyl (C=O) groups excluding carboxylic acids is 1. The second kappa shape index (κ2) is 10.6. The van der Waals surface area contributed by atoms with E-state index in [2.05, 4.69) is 33.0 Å². The molecule has 0 radical (unpaired) electrons. The summed E-state index contributed by atoms with van der Waals surface area (Å²) >= 11 is 0. The van der Waals surface area contributed by atoms with Crippen molar-refractivity contribution in [3.05, 3.63) is 41.5 Å². The molecule has 2 aliphatic rings. The maximum atomic E-state index is 12.2. The van der Waals surface area contributed by atoms with E-state index in [1.807, 2.05) is 28.9 Å². The van der Waals surface area contributed by atoms with E-state index >= 15 is 0 Å². The van der Waals surface area contributed by atoms with Crippen molar-refractivity contribution in [2.75, 3.05) is 19.0 Å². The van der Waals surface area contributed by atoms with Crippen molar-refractivity contribution in [1.82, 2.24) is 25.4 Å². The van der Waals surface area contributed by atoms with Crippen molar-refractivity contribution in [2.45, 2.75) is 64.8 Å². The number of aryl methyl sites for hydroxylation is 1. The highest BCUT2D eigenvalue weighted by molar-refractivity contribution is 5.93. The number of anilines is 1. The van der Waals surface area contributed by atoms with Crippen LogP contribution in [0.3, 0.4) is 0 Å². The van der Waals surface area contributed by atoms with Crippen molar-refractivity contribution in [3.8, 4) is 0 Å². The summed E-state index contributed by atoms with van der Waals surface area (Å²) in [6.07, 6.45) is 4.99. The van der Waals surface area contributed by atoms with Crippen LogP contribution >= 0.6 is 0 Å². The Hall–Kier alpha value is -2.94. The van der Waals surface area contributed by atoms with Crippen LogP contribution in [-0.2, 0) is 35.6 Å². The number of nitrogens with zero attached hydrogens (tertiary/aromatic N) is 4. The van der Waals surface area contributed by atoms with Crippen molar-refractivity contribution < 1.29 is 9.53 Å². The molecule has 4 rings (SSSR count). The van der Waals surface area contributed by atoms with Crippen LogP contribution in [0.2, 0.25) is 0 Å². The highest BCUT2D eigenvalue weighted by Crippen LogP contribution is 2.27. The topological polar surface area (TPSA) is 105 Å². The first-order chi connectivity index (χ1) is 15.6. The molecule has 1 aliphatic carbocycles. The third-order valence-electron chi connectivity index (χ3n) is 5.95. The van der Waals surface area contributed by atoms with E-state index in [1.54, 1.807) is 7.11 Å². The predicted molar refractivity (Wildman–Crippen MR) is 123 cm³/mol. The fourth-order valence-corrected chi connectivity index (χ4v) is 4.01. The SMILES string of the molecule is CCNC(=NCc1cccc(NC(=O)C2CCC2)c1)NC1CCc2nc(COC)nn2C1. The number of carbonyl (C=O) groups is 1. The molecule has 1 fully saturated rings. The summed E-state index contributed by atoms with van der Waals surface area (Å²) in [4.78, 5) is 21.5. The predicted octanol–water partition coefficient (Wildman–Crippen LogP) is 2.23. The Kier molecular flexibility index (Phi) is 7.36. The number of hydrogen-bond donors (Lipinski definition) is 3. The number of hydrogen-bond acceptors (Lipinski definition) is 5. The summed E-state index contributed by atoms with van der Waals surface area (Å²) < 4.78 is 7.11. The Morgan fingerprint density at radius 1 is 1.31 bits per heavy atom. The zero-order chi connectivity index (χ0) is 22.3. The zero-order valence-electron chi connectivity index (χ0n) is 18.9. The lowest BCUT2D eigenvalue weighted by Gasteiger charge is -2.25. The highest BCUT2D eigenvalue weighted by atomic mass is 16.5. The largest absolute Gasteiger partial charge is 0.377 e. The summed E-state index contributed by atoms with van der Waals surface area (Å²) in [6.45, 7) is 4.55. The molecule has 1 aromatic carbocycles. The minimum atomic E-state index is 0.130. The van der Waals surface area contributed by atoms with Gasteiger partial charge >= 0.3 is 0 Å². The van der Waals surface area contributed by atoms with Crippen LogP contribution in [0.1, 0.15) is 49.8 Å². The molecular weight excluding hydrogens is 406 g/mol. The zero-order valence-corrected chi connectivity index (χ0v) is 18.9. The van der Waals surface area contributed by atoms with Crippen LogP contribution in [0, 0.1) is 5.92 Å². The number of rotatable bonds is 8. The molecule has 32 heavy (non-hydrogen) atoms. The molecule has 9 nitrogen and oxygen atoms in total. The molecule has 2 aromatic rings. The Morgan fingerprint density at radius 2 is 2.19 bits per heavy atom. The van der Waals surface area contributed by atoms with Crippen molar-refractivity contribution in [2.24, 2.45) is 10.9 Å². The molecule has 1 aliphatic heterocycles. The van der Waals surface area contributed by atoms with Crippen molar-refractivity contribution in [1.29, 1.82) is 0 Å². The summed E-state index contributed by atoms with van der Waals surface area (Å²) in [5.74, 6) is 2.83.